The molecule has 0 aromatic heterocycles. The summed E-state index contributed by atoms with van der Waals surface area (Å²) in [5.41, 5.74) is -0.176. The van der Waals surface area contributed by atoms with Crippen LogP contribution in [0.3, 0.4) is 0 Å². The van der Waals surface area contributed by atoms with Crippen molar-refractivity contribution in [3.05, 3.63) is 11.1 Å². The molecule has 0 aromatic rings. The molecular weight excluding hydrogens is 244 g/mol. The van der Waals surface area contributed by atoms with Gasteiger partial charge in [0.2, 0.25) is 0 Å². The lowest BCUT2D eigenvalue weighted by atomic mass is 9.51. The highest BCUT2D eigenvalue weighted by atomic mass is 16.5. The first-order chi connectivity index (χ1) is 8.79. The molecule has 104 valence electrons. The van der Waals surface area contributed by atoms with E-state index in [2.05, 4.69) is 6.92 Å². The van der Waals surface area contributed by atoms with E-state index in [1.807, 2.05) is 6.92 Å². The summed E-state index contributed by atoms with van der Waals surface area (Å²) in [4.78, 5) is 23.9. The number of hydrogen-bond donors (Lipinski definition) is 1. The van der Waals surface area contributed by atoms with E-state index in [4.69, 9.17) is 4.74 Å². The second kappa shape index (κ2) is 3.69. The van der Waals surface area contributed by atoms with Crippen molar-refractivity contribution < 1.29 is 19.4 Å². The van der Waals surface area contributed by atoms with Crippen molar-refractivity contribution >= 4 is 11.8 Å². The zero-order valence-corrected chi connectivity index (χ0v) is 11.7. The standard InChI is InChI=1S/C15H20O4/c1-8-4-5-12(16)15(18)7-11-10(6-14(8,15)3)9(2)13(17)19-11/h8,11,18H,4-7H2,1-3H3/t8-,11+,14+,15-/m0/s1. The molecule has 0 unspecified atom stereocenters. The SMILES string of the molecule is CC1=C2C[C@]3(C)[C@@H](C)CCC(=O)[C@@]3(O)C[C@H]2OC1=O. The van der Waals surface area contributed by atoms with Gasteiger partial charge in [-0.1, -0.05) is 13.8 Å². The Morgan fingerprint density at radius 2 is 2.05 bits per heavy atom. The van der Waals surface area contributed by atoms with Gasteiger partial charge in [0.1, 0.15) is 11.7 Å². The van der Waals surface area contributed by atoms with Crippen LogP contribution in [0.15, 0.2) is 11.1 Å². The topological polar surface area (TPSA) is 63.6 Å². The number of rotatable bonds is 0. The van der Waals surface area contributed by atoms with Crippen molar-refractivity contribution in [2.45, 2.75) is 58.2 Å². The lowest BCUT2D eigenvalue weighted by Gasteiger charge is -2.55. The molecule has 0 spiro atoms. The van der Waals surface area contributed by atoms with E-state index in [0.29, 0.717) is 18.4 Å². The molecule has 1 heterocycles. The number of esters is 1. The molecule has 2 fully saturated rings. The first-order valence-electron chi connectivity index (χ1n) is 6.96. The molecule has 4 nitrogen and oxygen atoms in total. The summed E-state index contributed by atoms with van der Waals surface area (Å²) < 4.78 is 5.30. The minimum absolute atomic E-state index is 0.0900. The molecule has 1 aliphatic heterocycles. The first-order valence-corrected chi connectivity index (χ1v) is 6.96. The molecule has 4 atom stereocenters. The summed E-state index contributed by atoms with van der Waals surface area (Å²) in [7, 11) is 0. The second-order valence-corrected chi connectivity index (χ2v) is 6.57. The van der Waals surface area contributed by atoms with Crippen LogP contribution < -0.4 is 0 Å². The number of Topliss-reactive ketones (excluding diaryl/α,β-unsaturated/α-hetero) is 1. The Labute approximate surface area is 112 Å². The summed E-state index contributed by atoms with van der Waals surface area (Å²) in [5.74, 6) is -0.133. The van der Waals surface area contributed by atoms with Crippen molar-refractivity contribution in [3.63, 3.8) is 0 Å². The van der Waals surface area contributed by atoms with Crippen molar-refractivity contribution in [1.29, 1.82) is 0 Å². The molecule has 0 radical (unpaired) electrons. The van der Waals surface area contributed by atoms with Gasteiger partial charge in [-0.15, -0.1) is 0 Å². The van der Waals surface area contributed by atoms with E-state index in [-0.39, 0.29) is 24.1 Å². The number of ketones is 1. The van der Waals surface area contributed by atoms with Crippen molar-refractivity contribution in [3.8, 4) is 0 Å². The average Bonchev–Trinajstić information content (AvgIpc) is 2.61. The maximum atomic E-state index is 12.2. The molecule has 3 aliphatic rings. The lowest BCUT2D eigenvalue weighted by Crippen LogP contribution is -2.62. The molecule has 0 amide bonds. The van der Waals surface area contributed by atoms with Gasteiger partial charge in [-0.05, 0) is 31.3 Å². The van der Waals surface area contributed by atoms with E-state index >= 15 is 0 Å². The van der Waals surface area contributed by atoms with Crippen LogP contribution in [0.5, 0.6) is 0 Å². The number of carbonyl (C=O) groups excluding carboxylic acids is 2. The summed E-state index contributed by atoms with van der Waals surface area (Å²) in [6, 6.07) is 0. The highest BCUT2D eigenvalue weighted by molar-refractivity contribution is 5.93. The van der Waals surface area contributed by atoms with E-state index in [9.17, 15) is 14.7 Å². The number of carbonyl (C=O) groups is 2. The smallest absolute Gasteiger partial charge is 0.334 e. The third-order valence-electron chi connectivity index (χ3n) is 5.76. The van der Waals surface area contributed by atoms with Crippen molar-refractivity contribution in [1.82, 2.24) is 0 Å². The highest BCUT2D eigenvalue weighted by Gasteiger charge is 2.62. The van der Waals surface area contributed by atoms with E-state index in [1.54, 1.807) is 6.92 Å². The zero-order chi connectivity index (χ0) is 14.0. The van der Waals surface area contributed by atoms with E-state index in [1.165, 1.54) is 0 Å². The summed E-state index contributed by atoms with van der Waals surface area (Å²) in [6.07, 6.45) is 1.64. The predicted molar refractivity (Wildman–Crippen MR) is 68.3 cm³/mol. The fourth-order valence-electron chi connectivity index (χ4n) is 4.00. The van der Waals surface area contributed by atoms with Gasteiger partial charge >= 0.3 is 5.97 Å². The minimum Gasteiger partial charge on any atom is -0.454 e. The number of ether oxygens (including phenoxy) is 1. The van der Waals surface area contributed by atoms with Crippen molar-refractivity contribution in [2.75, 3.05) is 0 Å². The average molecular weight is 264 g/mol. The summed E-state index contributed by atoms with van der Waals surface area (Å²) in [5, 5.41) is 10.9. The fourth-order valence-corrected chi connectivity index (χ4v) is 4.00. The molecule has 2 saturated carbocycles. The second-order valence-electron chi connectivity index (χ2n) is 6.57. The highest BCUT2D eigenvalue weighted by Crippen LogP contribution is 2.57. The Balaban J connectivity index is 2.08. The van der Waals surface area contributed by atoms with E-state index in [0.717, 1.165) is 12.0 Å². The van der Waals surface area contributed by atoms with Crippen LogP contribution in [0.1, 0.15) is 46.5 Å². The number of hydrogen-bond acceptors (Lipinski definition) is 4. The van der Waals surface area contributed by atoms with Gasteiger partial charge in [-0.25, -0.2) is 4.79 Å². The van der Waals surface area contributed by atoms with Gasteiger partial charge in [-0.2, -0.15) is 0 Å². The maximum Gasteiger partial charge on any atom is 0.334 e. The fraction of sp³-hybridized carbons (Fsp3) is 0.733. The van der Waals surface area contributed by atoms with E-state index < -0.39 is 17.1 Å². The maximum absolute atomic E-state index is 12.2. The van der Waals surface area contributed by atoms with Crippen LogP contribution in [-0.2, 0) is 14.3 Å². The molecule has 4 heteroatoms. The van der Waals surface area contributed by atoms with Crippen molar-refractivity contribution in [2.24, 2.45) is 11.3 Å². The van der Waals surface area contributed by atoms with Crippen LogP contribution in [0.2, 0.25) is 0 Å². The molecule has 0 aromatic carbocycles. The van der Waals surface area contributed by atoms with Crippen LogP contribution >= 0.6 is 0 Å². The lowest BCUT2D eigenvalue weighted by molar-refractivity contribution is -0.183. The van der Waals surface area contributed by atoms with Crippen LogP contribution in [0.25, 0.3) is 0 Å². The van der Waals surface area contributed by atoms with Gasteiger partial charge in [0.25, 0.3) is 0 Å². The Morgan fingerprint density at radius 1 is 1.37 bits per heavy atom. The van der Waals surface area contributed by atoms with Crippen LogP contribution in [0, 0.1) is 11.3 Å². The van der Waals surface area contributed by atoms with Gasteiger partial charge in [0.05, 0.1) is 0 Å². The minimum atomic E-state index is -1.34. The molecule has 0 saturated heterocycles. The molecule has 0 bridgehead atoms. The Hall–Kier alpha value is -1.16. The monoisotopic (exact) mass is 264 g/mol. The van der Waals surface area contributed by atoms with Crippen LogP contribution in [-0.4, -0.2) is 28.6 Å². The Kier molecular flexibility index (Phi) is 2.50. The van der Waals surface area contributed by atoms with Gasteiger partial charge < -0.3 is 9.84 Å². The summed E-state index contributed by atoms with van der Waals surface area (Å²) >= 11 is 0. The molecule has 1 N–H and O–H groups in total. The molecule has 2 aliphatic carbocycles. The summed E-state index contributed by atoms with van der Waals surface area (Å²) in [6.45, 7) is 5.85. The van der Waals surface area contributed by atoms with Gasteiger partial charge in [0, 0.05) is 23.8 Å². The largest absolute Gasteiger partial charge is 0.454 e. The predicted octanol–water partition coefficient (Wildman–Crippen LogP) is 1.76. The van der Waals surface area contributed by atoms with Gasteiger partial charge in [0.15, 0.2) is 5.78 Å². The Morgan fingerprint density at radius 3 is 2.74 bits per heavy atom. The number of fused-ring (bicyclic) bond motifs is 2. The normalized spacial score (nSPS) is 45.9. The zero-order valence-electron chi connectivity index (χ0n) is 11.7. The first kappa shape index (κ1) is 12.9. The quantitative estimate of drug-likeness (QED) is 0.677. The third-order valence-corrected chi connectivity index (χ3v) is 5.76. The number of aliphatic hydroxyl groups is 1. The third kappa shape index (κ3) is 1.43. The molecule has 3 rings (SSSR count). The van der Waals surface area contributed by atoms with Gasteiger partial charge in [-0.3, -0.25) is 4.79 Å². The molecule has 19 heavy (non-hydrogen) atoms. The Bertz CT molecular complexity index is 506. The van der Waals surface area contributed by atoms with Crippen LogP contribution in [0.4, 0.5) is 0 Å². The molecular formula is C15H20O4.